The van der Waals surface area contributed by atoms with Crippen LogP contribution in [0.4, 0.5) is 5.69 Å². The van der Waals surface area contributed by atoms with E-state index >= 15 is 0 Å². The van der Waals surface area contributed by atoms with Gasteiger partial charge in [0.1, 0.15) is 0 Å². The molecule has 0 saturated carbocycles. The van der Waals surface area contributed by atoms with E-state index < -0.39 is 0 Å². The van der Waals surface area contributed by atoms with Gasteiger partial charge >= 0.3 is 0 Å². The fourth-order valence-corrected chi connectivity index (χ4v) is 1.74. The molecule has 13 heavy (non-hydrogen) atoms. The van der Waals surface area contributed by atoms with Crippen molar-refractivity contribution in [1.29, 1.82) is 0 Å². The lowest BCUT2D eigenvalue weighted by molar-refractivity contribution is 0.124. The molecule has 0 bridgehead atoms. The average molecular weight is 178 g/mol. The second kappa shape index (κ2) is 3.36. The van der Waals surface area contributed by atoms with E-state index in [9.17, 15) is 0 Å². The van der Waals surface area contributed by atoms with Gasteiger partial charge in [0, 0.05) is 18.2 Å². The molecule has 3 N–H and O–H groups in total. The van der Waals surface area contributed by atoms with Crippen molar-refractivity contribution >= 4 is 5.69 Å². The number of rotatable bonds is 2. The summed E-state index contributed by atoms with van der Waals surface area (Å²) in [6, 6.07) is 6.29. The van der Waals surface area contributed by atoms with Crippen LogP contribution in [0.15, 0.2) is 18.2 Å². The molecule has 70 valence electrons. The molecule has 0 saturated heterocycles. The van der Waals surface area contributed by atoms with Crippen LogP contribution in [0.5, 0.6) is 0 Å². The number of fused-ring (bicyclic) bond motifs is 1. The van der Waals surface area contributed by atoms with Gasteiger partial charge in [0.05, 0.1) is 6.61 Å². The largest absolute Gasteiger partial charge is 0.384 e. The summed E-state index contributed by atoms with van der Waals surface area (Å²) in [6.45, 7) is 3.73. The lowest BCUT2D eigenvalue weighted by Crippen LogP contribution is -1.99. The van der Waals surface area contributed by atoms with Crippen LogP contribution in [-0.4, -0.2) is 6.54 Å². The number of anilines is 1. The SMILES string of the molecule is CC1CNc2ccc(CON)cc21. The van der Waals surface area contributed by atoms with Crippen LogP contribution >= 0.6 is 0 Å². The van der Waals surface area contributed by atoms with E-state index in [-0.39, 0.29) is 0 Å². The van der Waals surface area contributed by atoms with E-state index in [2.05, 4.69) is 29.2 Å². The molecule has 0 aromatic heterocycles. The Morgan fingerprint density at radius 3 is 3.23 bits per heavy atom. The van der Waals surface area contributed by atoms with Crippen LogP contribution in [0, 0.1) is 0 Å². The molecular weight excluding hydrogens is 164 g/mol. The molecule has 2 rings (SSSR count). The first kappa shape index (κ1) is 8.53. The van der Waals surface area contributed by atoms with Crippen molar-refractivity contribution in [2.24, 2.45) is 5.90 Å². The molecule has 1 aliphatic rings. The van der Waals surface area contributed by atoms with Crippen LogP contribution in [0.1, 0.15) is 24.0 Å². The molecule has 1 aromatic rings. The molecule has 1 atom stereocenters. The van der Waals surface area contributed by atoms with Crippen molar-refractivity contribution in [3.63, 3.8) is 0 Å². The third kappa shape index (κ3) is 1.53. The van der Waals surface area contributed by atoms with Crippen molar-refractivity contribution in [2.75, 3.05) is 11.9 Å². The molecular formula is C10H14N2O. The van der Waals surface area contributed by atoms with Gasteiger partial charge < -0.3 is 5.32 Å². The van der Waals surface area contributed by atoms with Gasteiger partial charge in [-0.1, -0.05) is 19.1 Å². The van der Waals surface area contributed by atoms with Crippen molar-refractivity contribution in [3.05, 3.63) is 29.3 Å². The molecule has 0 amide bonds. The predicted molar refractivity (Wildman–Crippen MR) is 52.3 cm³/mol. The Morgan fingerprint density at radius 2 is 2.46 bits per heavy atom. The van der Waals surface area contributed by atoms with Crippen molar-refractivity contribution in [1.82, 2.24) is 0 Å². The standard InChI is InChI=1S/C10H14N2O/c1-7-5-12-10-3-2-8(6-13-11)4-9(7)10/h2-4,7,12H,5-6,11H2,1H3. The summed E-state index contributed by atoms with van der Waals surface area (Å²) in [5.41, 5.74) is 3.75. The molecule has 1 aromatic carbocycles. The minimum absolute atomic E-state index is 0.486. The lowest BCUT2D eigenvalue weighted by Gasteiger charge is -2.05. The Labute approximate surface area is 77.8 Å². The summed E-state index contributed by atoms with van der Waals surface area (Å²) in [6.07, 6.45) is 0. The van der Waals surface area contributed by atoms with Gasteiger partial charge in [-0.2, -0.15) is 0 Å². The number of hydrogen-bond donors (Lipinski definition) is 2. The highest BCUT2D eigenvalue weighted by Gasteiger charge is 2.17. The van der Waals surface area contributed by atoms with Gasteiger partial charge in [0.15, 0.2) is 0 Å². The van der Waals surface area contributed by atoms with E-state index in [1.165, 1.54) is 11.3 Å². The van der Waals surface area contributed by atoms with Gasteiger partial charge in [-0.05, 0) is 17.2 Å². The summed E-state index contributed by atoms with van der Waals surface area (Å²) in [7, 11) is 0. The highest BCUT2D eigenvalue weighted by Crippen LogP contribution is 2.31. The Hall–Kier alpha value is -1.06. The lowest BCUT2D eigenvalue weighted by atomic mass is 10.0. The third-order valence-corrected chi connectivity index (χ3v) is 2.50. The topological polar surface area (TPSA) is 47.3 Å². The quantitative estimate of drug-likeness (QED) is 0.676. The Balaban J connectivity index is 2.31. The molecule has 3 heteroatoms. The molecule has 0 radical (unpaired) electrons. The van der Waals surface area contributed by atoms with E-state index in [0.717, 1.165) is 12.1 Å². The van der Waals surface area contributed by atoms with Crippen molar-refractivity contribution < 1.29 is 4.84 Å². The smallest absolute Gasteiger partial charge is 0.0930 e. The first-order valence-electron chi connectivity index (χ1n) is 4.49. The Kier molecular flexibility index (Phi) is 2.20. The molecule has 3 nitrogen and oxygen atoms in total. The highest BCUT2D eigenvalue weighted by atomic mass is 16.6. The minimum Gasteiger partial charge on any atom is -0.384 e. The van der Waals surface area contributed by atoms with Crippen LogP contribution in [-0.2, 0) is 11.4 Å². The van der Waals surface area contributed by atoms with Gasteiger partial charge in [-0.3, -0.25) is 4.84 Å². The van der Waals surface area contributed by atoms with Crippen LogP contribution in [0.25, 0.3) is 0 Å². The first-order chi connectivity index (χ1) is 6.31. The van der Waals surface area contributed by atoms with Gasteiger partial charge in [-0.15, -0.1) is 0 Å². The highest BCUT2D eigenvalue weighted by molar-refractivity contribution is 5.58. The van der Waals surface area contributed by atoms with Crippen LogP contribution < -0.4 is 11.2 Å². The van der Waals surface area contributed by atoms with E-state index in [0.29, 0.717) is 12.5 Å². The molecule has 0 fully saturated rings. The van der Waals surface area contributed by atoms with Crippen molar-refractivity contribution in [3.8, 4) is 0 Å². The van der Waals surface area contributed by atoms with Crippen molar-refractivity contribution in [2.45, 2.75) is 19.4 Å². The maximum absolute atomic E-state index is 5.02. The first-order valence-corrected chi connectivity index (χ1v) is 4.49. The molecule has 1 heterocycles. The van der Waals surface area contributed by atoms with E-state index in [4.69, 9.17) is 5.90 Å². The minimum atomic E-state index is 0.486. The summed E-state index contributed by atoms with van der Waals surface area (Å²) in [5.74, 6) is 5.62. The zero-order valence-corrected chi connectivity index (χ0v) is 7.71. The number of benzene rings is 1. The summed E-state index contributed by atoms with van der Waals surface area (Å²) in [4.78, 5) is 4.60. The van der Waals surface area contributed by atoms with Gasteiger partial charge in [-0.25, -0.2) is 5.90 Å². The van der Waals surface area contributed by atoms with Gasteiger partial charge in [0.2, 0.25) is 0 Å². The van der Waals surface area contributed by atoms with Gasteiger partial charge in [0.25, 0.3) is 0 Å². The van der Waals surface area contributed by atoms with E-state index in [1.54, 1.807) is 0 Å². The molecule has 0 spiro atoms. The fraction of sp³-hybridized carbons (Fsp3) is 0.400. The normalized spacial score (nSPS) is 19.7. The maximum atomic E-state index is 5.02. The maximum Gasteiger partial charge on any atom is 0.0930 e. The molecule has 1 unspecified atom stereocenters. The number of nitrogens with two attached hydrogens (primary N) is 1. The Bertz CT molecular complexity index is 312. The third-order valence-electron chi connectivity index (χ3n) is 2.50. The summed E-state index contributed by atoms with van der Waals surface area (Å²) in [5, 5.41) is 3.35. The predicted octanol–water partition coefficient (Wildman–Crippen LogP) is 1.61. The number of hydrogen-bond acceptors (Lipinski definition) is 3. The Morgan fingerprint density at radius 1 is 1.62 bits per heavy atom. The second-order valence-corrected chi connectivity index (χ2v) is 3.51. The monoisotopic (exact) mass is 178 g/mol. The fourth-order valence-electron chi connectivity index (χ4n) is 1.74. The molecule has 1 aliphatic heterocycles. The summed E-state index contributed by atoms with van der Waals surface area (Å²) < 4.78 is 0. The van der Waals surface area contributed by atoms with E-state index in [1.807, 2.05) is 6.07 Å². The molecule has 0 aliphatic carbocycles. The van der Waals surface area contributed by atoms with Crippen LogP contribution in [0.3, 0.4) is 0 Å². The second-order valence-electron chi connectivity index (χ2n) is 3.51. The van der Waals surface area contributed by atoms with Crippen LogP contribution in [0.2, 0.25) is 0 Å². The zero-order chi connectivity index (χ0) is 9.26. The summed E-state index contributed by atoms with van der Waals surface area (Å²) >= 11 is 0. The zero-order valence-electron chi connectivity index (χ0n) is 7.71. The number of nitrogens with one attached hydrogen (secondary N) is 1. The average Bonchev–Trinajstić information content (AvgIpc) is 2.49.